The maximum atomic E-state index is 12.9. The van der Waals surface area contributed by atoms with E-state index in [9.17, 15) is 14.4 Å². The summed E-state index contributed by atoms with van der Waals surface area (Å²) in [5.74, 6) is 0.0706. The summed E-state index contributed by atoms with van der Waals surface area (Å²) >= 11 is 6.05. The summed E-state index contributed by atoms with van der Waals surface area (Å²) in [7, 11) is 1.52. The Morgan fingerprint density at radius 1 is 0.939 bits per heavy atom. The van der Waals surface area contributed by atoms with Gasteiger partial charge in [0.25, 0.3) is 5.91 Å². The standard InChI is InChI=1S/C24H27ClN4O4/c1-33-21-9-2-16(25)14-20(21)23(31)29-12-10-15(11-13-29)22(30)26-17-3-5-18(6-4-17)27-24(32)28-19-7-8-19/h2-6,9,14-15,19H,7-8,10-13H2,1H3,(H,26,30)(H2,27,28,32). The minimum Gasteiger partial charge on any atom is -0.496 e. The highest BCUT2D eigenvalue weighted by Gasteiger charge is 2.29. The van der Waals surface area contributed by atoms with Crippen LogP contribution in [0.1, 0.15) is 36.0 Å². The van der Waals surface area contributed by atoms with Gasteiger partial charge in [0.15, 0.2) is 0 Å². The van der Waals surface area contributed by atoms with Crippen LogP contribution in [0.2, 0.25) is 5.02 Å². The van der Waals surface area contributed by atoms with Crippen molar-refractivity contribution in [1.29, 1.82) is 0 Å². The zero-order valence-corrected chi connectivity index (χ0v) is 19.2. The van der Waals surface area contributed by atoms with Crippen molar-refractivity contribution in [2.45, 2.75) is 31.7 Å². The predicted octanol–water partition coefficient (Wildman–Crippen LogP) is 4.12. The molecule has 2 fully saturated rings. The molecule has 2 aromatic rings. The predicted molar refractivity (Wildman–Crippen MR) is 127 cm³/mol. The van der Waals surface area contributed by atoms with E-state index in [1.54, 1.807) is 47.4 Å². The van der Waals surface area contributed by atoms with Gasteiger partial charge in [-0.05, 0) is 68.1 Å². The number of halogens is 1. The Hall–Kier alpha value is -3.26. The van der Waals surface area contributed by atoms with Gasteiger partial charge in [-0.25, -0.2) is 4.79 Å². The molecule has 3 N–H and O–H groups in total. The first-order chi connectivity index (χ1) is 15.9. The Morgan fingerprint density at radius 3 is 2.18 bits per heavy atom. The Bertz CT molecular complexity index is 1030. The van der Waals surface area contributed by atoms with Crippen LogP contribution in [0.15, 0.2) is 42.5 Å². The number of methoxy groups -OCH3 is 1. The summed E-state index contributed by atoms with van der Waals surface area (Å²) in [6.45, 7) is 0.955. The molecule has 0 radical (unpaired) electrons. The van der Waals surface area contributed by atoms with Crippen LogP contribution in [0, 0.1) is 5.92 Å². The minimum atomic E-state index is -0.217. The number of urea groups is 1. The van der Waals surface area contributed by atoms with Crippen molar-refractivity contribution < 1.29 is 19.1 Å². The van der Waals surface area contributed by atoms with Gasteiger partial charge in [0, 0.05) is 41.4 Å². The SMILES string of the molecule is COc1ccc(Cl)cc1C(=O)N1CCC(C(=O)Nc2ccc(NC(=O)NC3CC3)cc2)CC1. The third kappa shape index (κ3) is 5.96. The molecule has 0 aromatic heterocycles. The van der Waals surface area contributed by atoms with Crippen LogP contribution >= 0.6 is 11.6 Å². The van der Waals surface area contributed by atoms with Crippen molar-refractivity contribution in [1.82, 2.24) is 10.2 Å². The zero-order valence-electron chi connectivity index (χ0n) is 18.4. The molecule has 33 heavy (non-hydrogen) atoms. The highest BCUT2D eigenvalue weighted by atomic mass is 35.5. The highest BCUT2D eigenvalue weighted by molar-refractivity contribution is 6.31. The number of nitrogens with one attached hydrogen (secondary N) is 3. The van der Waals surface area contributed by atoms with E-state index in [0.29, 0.717) is 53.6 Å². The summed E-state index contributed by atoms with van der Waals surface area (Å²) in [4.78, 5) is 39.2. The number of carbonyl (C=O) groups excluding carboxylic acids is 3. The Kier molecular flexibility index (Phi) is 7.03. The molecular weight excluding hydrogens is 444 g/mol. The van der Waals surface area contributed by atoms with Crippen molar-refractivity contribution in [3.05, 3.63) is 53.1 Å². The maximum absolute atomic E-state index is 12.9. The average molecular weight is 471 g/mol. The second-order valence-corrected chi connectivity index (χ2v) is 8.79. The molecule has 1 aliphatic heterocycles. The summed E-state index contributed by atoms with van der Waals surface area (Å²) in [6.07, 6.45) is 3.20. The van der Waals surface area contributed by atoms with Gasteiger partial charge in [-0.1, -0.05) is 11.6 Å². The number of anilines is 2. The van der Waals surface area contributed by atoms with E-state index in [0.717, 1.165) is 12.8 Å². The number of hydrogen-bond donors (Lipinski definition) is 3. The number of rotatable bonds is 6. The monoisotopic (exact) mass is 470 g/mol. The number of carbonyl (C=O) groups is 3. The molecule has 8 nitrogen and oxygen atoms in total. The quantitative estimate of drug-likeness (QED) is 0.591. The third-order valence-electron chi connectivity index (χ3n) is 5.87. The van der Waals surface area contributed by atoms with Crippen molar-refractivity contribution in [2.75, 3.05) is 30.8 Å². The van der Waals surface area contributed by atoms with Crippen LogP contribution in [0.5, 0.6) is 5.75 Å². The first-order valence-corrected chi connectivity index (χ1v) is 11.4. The lowest BCUT2D eigenvalue weighted by Crippen LogP contribution is -2.41. The fourth-order valence-electron chi connectivity index (χ4n) is 3.82. The Labute approximate surface area is 197 Å². The first-order valence-electron chi connectivity index (χ1n) is 11.0. The van der Waals surface area contributed by atoms with Gasteiger partial charge in [0.2, 0.25) is 5.91 Å². The molecule has 174 valence electrons. The third-order valence-corrected chi connectivity index (χ3v) is 6.10. The lowest BCUT2D eigenvalue weighted by Gasteiger charge is -2.31. The average Bonchev–Trinajstić information content (AvgIpc) is 3.63. The van der Waals surface area contributed by atoms with Crippen molar-refractivity contribution in [3.8, 4) is 5.75 Å². The van der Waals surface area contributed by atoms with E-state index in [1.807, 2.05) is 0 Å². The minimum absolute atomic E-state index is 0.0744. The maximum Gasteiger partial charge on any atom is 0.319 e. The van der Waals surface area contributed by atoms with Crippen LogP contribution in [-0.2, 0) is 4.79 Å². The number of ether oxygens (including phenoxy) is 1. The molecule has 0 spiro atoms. The lowest BCUT2D eigenvalue weighted by molar-refractivity contribution is -0.121. The van der Waals surface area contributed by atoms with Gasteiger partial charge in [-0.2, -0.15) is 0 Å². The van der Waals surface area contributed by atoms with Gasteiger partial charge in [-0.15, -0.1) is 0 Å². The molecule has 0 bridgehead atoms. The largest absolute Gasteiger partial charge is 0.496 e. The van der Waals surface area contributed by atoms with Gasteiger partial charge in [-0.3, -0.25) is 9.59 Å². The lowest BCUT2D eigenvalue weighted by atomic mass is 9.95. The van der Waals surface area contributed by atoms with Crippen LogP contribution < -0.4 is 20.7 Å². The topological polar surface area (TPSA) is 99.8 Å². The van der Waals surface area contributed by atoms with Crippen LogP contribution in [0.25, 0.3) is 0 Å². The van der Waals surface area contributed by atoms with Gasteiger partial charge < -0.3 is 25.6 Å². The van der Waals surface area contributed by atoms with E-state index in [1.165, 1.54) is 7.11 Å². The van der Waals surface area contributed by atoms with Gasteiger partial charge in [0.05, 0.1) is 12.7 Å². The Morgan fingerprint density at radius 2 is 1.58 bits per heavy atom. The van der Waals surface area contributed by atoms with Crippen molar-refractivity contribution >= 4 is 40.8 Å². The first kappa shape index (κ1) is 22.9. The number of likely N-dealkylation sites (tertiary alicyclic amines) is 1. The second kappa shape index (κ2) is 10.1. The smallest absolute Gasteiger partial charge is 0.319 e. The number of benzene rings is 2. The molecule has 0 atom stereocenters. The zero-order chi connectivity index (χ0) is 23.4. The van der Waals surface area contributed by atoms with Gasteiger partial charge >= 0.3 is 6.03 Å². The molecule has 1 saturated heterocycles. The number of amides is 4. The van der Waals surface area contributed by atoms with E-state index in [4.69, 9.17) is 16.3 Å². The summed E-state index contributed by atoms with van der Waals surface area (Å²) in [6, 6.07) is 12.1. The summed E-state index contributed by atoms with van der Waals surface area (Å²) in [5.41, 5.74) is 1.75. The Balaban J connectivity index is 1.27. The number of nitrogens with zero attached hydrogens (tertiary/aromatic N) is 1. The molecule has 9 heteroatoms. The molecule has 4 rings (SSSR count). The van der Waals surface area contributed by atoms with E-state index in [2.05, 4.69) is 16.0 Å². The fourth-order valence-corrected chi connectivity index (χ4v) is 4.00. The molecule has 1 heterocycles. The summed E-state index contributed by atoms with van der Waals surface area (Å²) in [5, 5.41) is 9.04. The molecule has 1 saturated carbocycles. The molecular formula is C24H27ClN4O4. The van der Waals surface area contributed by atoms with Crippen molar-refractivity contribution in [3.63, 3.8) is 0 Å². The number of hydrogen-bond acceptors (Lipinski definition) is 4. The van der Waals surface area contributed by atoms with Crippen LogP contribution in [0.3, 0.4) is 0 Å². The summed E-state index contributed by atoms with van der Waals surface area (Å²) < 4.78 is 5.29. The molecule has 2 aliphatic rings. The fraction of sp³-hybridized carbons (Fsp3) is 0.375. The highest BCUT2D eigenvalue weighted by Crippen LogP contribution is 2.27. The second-order valence-electron chi connectivity index (χ2n) is 8.35. The normalized spacial score (nSPS) is 16.1. The van der Waals surface area contributed by atoms with Crippen LogP contribution in [-0.4, -0.2) is 49.0 Å². The van der Waals surface area contributed by atoms with E-state index < -0.39 is 0 Å². The number of piperidine rings is 1. The molecule has 0 unspecified atom stereocenters. The van der Waals surface area contributed by atoms with E-state index >= 15 is 0 Å². The van der Waals surface area contributed by atoms with Gasteiger partial charge in [0.1, 0.15) is 5.75 Å². The van der Waals surface area contributed by atoms with Crippen LogP contribution in [0.4, 0.5) is 16.2 Å². The molecule has 1 aliphatic carbocycles. The molecule has 2 aromatic carbocycles. The molecule has 4 amide bonds. The van der Waals surface area contributed by atoms with E-state index in [-0.39, 0.29) is 29.8 Å². The van der Waals surface area contributed by atoms with Crippen molar-refractivity contribution in [2.24, 2.45) is 5.92 Å².